The lowest BCUT2D eigenvalue weighted by Gasteiger charge is -2.30. The van der Waals surface area contributed by atoms with Gasteiger partial charge in [0.2, 0.25) is 0 Å². The number of anilines is 1. The van der Waals surface area contributed by atoms with E-state index in [1.165, 1.54) is 45.8 Å². The van der Waals surface area contributed by atoms with Gasteiger partial charge in [0.05, 0.1) is 11.1 Å². The lowest BCUT2D eigenvalue weighted by atomic mass is 9.90. The minimum atomic E-state index is 0.357. The van der Waals surface area contributed by atoms with Crippen LogP contribution in [-0.2, 0) is 0 Å². The topological polar surface area (TPSA) is 27.6 Å². The molecule has 2 aromatic rings. The van der Waals surface area contributed by atoms with Crippen LogP contribution in [-0.4, -0.2) is 23.1 Å². The van der Waals surface area contributed by atoms with Crippen LogP contribution >= 0.6 is 43.6 Å². The summed E-state index contributed by atoms with van der Waals surface area (Å²) in [5.74, 6) is 0. The number of hydrogen-bond donors (Lipinski definition) is 1. The number of hydrogen-bond acceptors (Lipinski definition) is 4. The molecule has 1 aliphatic heterocycles. The predicted octanol–water partition coefficient (Wildman–Crippen LogP) is 7.43. The predicted molar refractivity (Wildman–Crippen MR) is 133 cm³/mol. The maximum atomic E-state index is 4.86. The molecule has 1 saturated carbocycles. The van der Waals surface area contributed by atoms with E-state index in [-0.39, 0.29) is 0 Å². The van der Waals surface area contributed by atoms with Gasteiger partial charge in [-0.25, -0.2) is 0 Å². The summed E-state index contributed by atoms with van der Waals surface area (Å²) < 4.78 is 2.29. The number of hydrazone groups is 1. The largest absolute Gasteiger partial charge is 0.378 e. The third kappa shape index (κ3) is 4.59. The van der Waals surface area contributed by atoms with Crippen LogP contribution in [0.4, 0.5) is 5.69 Å². The second kappa shape index (κ2) is 8.86. The first-order chi connectivity index (χ1) is 13.9. The maximum absolute atomic E-state index is 4.86. The Hall–Kier alpha value is -1.24. The van der Waals surface area contributed by atoms with Crippen LogP contribution in [0, 0.1) is 13.8 Å². The minimum Gasteiger partial charge on any atom is -0.378 e. The Kier molecular flexibility index (Phi) is 6.42. The normalized spacial score (nSPS) is 22.0. The number of rotatable bonds is 3. The quantitative estimate of drug-likeness (QED) is 0.443. The molecular formula is C23H25Br2N3S. The zero-order valence-corrected chi connectivity index (χ0v) is 20.9. The Balaban J connectivity index is 1.60. The second-order valence-electron chi connectivity index (χ2n) is 7.73. The summed E-state index contributed by atoms with van der Waals surface area (Å²) in [5.41, 5.74) is 6.34. The average molecular weight is 535 g/mol. The van der Waals surface area contributed by atoms with E-state index < -0.39 is 0 Å². The molecule has 3 nitrogen and oxygen atoms in total. The van der Waals surface area contributed by atoms with E-state index in [4.69, 9.17) is 5.10 Å². The Bertz CT molecular complexity index is 1000. The Morgan fingerprint density at radius 3 is 2.48 bits per heavy atom. The number of nitrogens with one attached hydrogen (secondary N) is 1. The number of halogens is 2. The standard InChI is InChI=1S/C23H25Br2N3S/c1-14-12-16(8-10-19(14)24)22-27-28(3)23(29-22)18-6-4-5-7-21(18)26-17-9-11-20(25)15(2)13-17/h8-13,21,26H,4-7H2,1-3H3/b23-18+. The molecule has 0 amide bonds. The SMILES string of the molecule is Cc1cc(NC2CCCC/C2=C2\SC(c3ccc(Br)c(C)c3)=NN2C)ccc1Br. The monoisotopic (exact) mass is 533 g/mol. The van der Waals surface area contributed by atoms with Crippen LogP contribution in [0.3, 0.4) is 0 Å². The van der Waals surface area contributed by atoms with Gasteiger partial charge in [-0.1, -0.05) is 44.3 Å². The van der Waals surface area contributed by atoms with Crippen LogP contribution in [0.15, 0.2) is 61.0 Å². The van der Waals surface area contributed by atoms with Gasteiger partial charge >= 0.3 is 0 Å². The van der Waals surface area contributed by atoms with Gasteiger partial charge in [0.25, 0.3) is 0 Å². The van der Waals surface area contributed by atoms with Crippen molar-refractivity contribution in [2.45, 2.75) is 45.6 Å². The van der Waals surface area contributed by atoms with E-state index in [2.05, 4.69) is 99.5 Å². The Morgan fingerprint density at radius 2 is 1.76 bits per heavy atom. The van der Waals surface area contributed by atoms with Crippen LogP contribution in [0.2, 0.25) is 0 Å². The first-order valence-corrected chi connectivity index (χ1v) is 12.3. The molecule has 4 rings (SSSR count). The molecule has 2 aliphatic rings. The average Bonchev–Trinajstić information content (AvgIpc) is 3.09. The highest BCUT2D eigenvalue weighted by Crippen LogP contribution is 2.40. The van der Waals surface area contributed by atoms with Crippen LogP contribution in [0.25, 0.3) is 0 Å². The van der Waals surface area contributed by atoms with Gasteiger partial charge < -0.3 is 5.32 Å². The summed E-state index contributed by atoms with van der Waals surface area (Å²) in [6.07, 6.45) is 4.80. The zero-order chi connectivity index (χ0) is 20.5. The molecule has 1 unspecified atom stereocenters. The summed E-state index contributed by atoms with van der Waals surface area (Å²) in [5, 5.41) is 13.1. The molecule has 1 heterocycles. The molecule has 0 saturated heterocycles. The highest BCUT2D eigenvalue weighted by atomic mass is 79.9. The van der Waals surface area contributed by atoms with Gasteiger partial charge in [-0.05, 0) is 91.9 Å². The van der Waals surface area contributed by atoms with E-state index in [1.54, 1.807) is 11.8 Å². The van der Waals surface area contributed by atoms with Crippen molar-refractivity contribution in [3.8, 4) is 0 Å². The van der Waals surface area contributed by atoms with Gasteiger partial charge in [0.1, 0.15) is 5.04 Å². The molecule has 0 aromatic heterocycles. The Morgan fingerprint density at radius 1 is 1.03 bits per heavy atom. The third-order valence-corrected chi connectivity index (χ3v) is 8.53. The summed E-state index contributed by atoms with van der Waals surface area (Å²) in [6, 6.07) is 13.3. The van der Waals surface area contributed by atoms with Crippen LogP contribution in [0.5, 0.6) is 0 Å². The van der Waals surface area contributed by atoms with Gasteiger partial charge in [0, 0.05) is 27.2 Å². The van der Waals surface area contributed by atoms with Crippen molar-refractivity contribution in [1.29, 1.82) is 0 Å². The number of aryl methyl sites for hydroxylation is 2. The van der Waals surface area contributed by atoms with E-state index in [1.807, 2.05) is 0 Å². The fraction of sp³-hybridized carbons (Fsp3) is 0.348. The zero-order valence-electron chi connectivity index (χ0n) is 16.9. The maximum Gasteiger partial charge on any atom is 0.130 e. The van der Waals surface area contributed by atoms with Crippen LogP contribution in [0.1, 0.15) is 42.4 Å². The first-order valence-electron chi connectivity index (χ1n) is 9.95. The molecule has 1 aliphatic carbocycles. The molecule has 0 spiro atoms. The van der Waals surface area contributed by atoms with Crippen molar-refractivity contribution < 1.29 is 0 Å². The van der Waals surface area contributed by atoms with Crippen molar-refractivity contribution in [2.24, 2.45) is 5.10 Å². The summed E-state index contributed by atoms with van der Waals surface area (Å²) >= 11 is 9.00. The van der Waals surface area contributed by atoms with E-state index in [0.717, 1.165) is 26.8 Å². The van der Waals surface area contributed by atoms with E-state index >= 15 is 0 Å². The van der Waals surface area contributed by atoms with Crippen molar-refractivity contribution in [3.05, 3.63) is 72.6 Å². The molecule has 1 fully saturated rings. The summed E-state index contributed by atoms with van der Waals surface area (Å²) in [4.78, 5) is 0. The highest BCUT2D eigenvalue weighted by Gasteiger charge is 2.29. The fourth-order valence-corrected chi connectivity index (χ4v) is 5.52. The first kappa shape index (κ1) is 21.0. The summed E-state index contributed by atoms with van der Waals surface area (Å²) in [6.45, 7) is 4.26. The lowest BCUT2D eigenvalue weighted by Crippen LogP contribution is -2.27. The second-order valence-corrected chi connectivity index (χ2v) is 10.4. The highest BCUT2D eigenvalue weighted by molar-refractivity contribution is 9.10. The Labute approximate surface area is 194 Å². The molecule has 6 heteroatoms. The van der Waals surface area contributed by atoms with E-state index in [0.29, 0.717) is 6.04 Å². The molecule has 0 radical (unpaired) electrons. The van der Waals surface area contributed by atoms with Crippen LogP contribution < -0.4 is 5.32 Å². The molecule has 152 valence electrons. The van der Waals surface area contributed by atoms with Crippen molar-refractivity contribution in [1.82, 2.24) is 5.01 Å². The summed E-state index contributed by atoms with van der Waals surface area (Å²) in [7, 11) is 2.07. The number of thioether (sulfide) groups is 1. The van der Waals surface area contributed by atoms with Gasteiger partial charge in [-0.3, -0.25) is 5.01 Å². The van der Waals surface area contributed by atoms with Gasteiger partial charge in [0.15, 0.2) is 0 Å². The number of nitrogens with zero attached hydrogens (tertiary/aromatic N) is 2. The molecule has 2 aromatic carbocycles. The minimum absolute atomic E-state index is 0.357. The van der Waals surface area contributed by atoms with Crippen molar-refractivity contribution in [2.75, 3.05) is 12.4 Å². The molecule has 29 heavy (non-hydrogen) atoms. The van der Waals surface area contributed by atoms with Gasteiger partial charge in [-0.2, -0.15) is 5.10 Å². The van der Waals surface area contributed by atoms with Crippen molar-refractivity contribution >= 4 is 54.4 Å². The molecule has 1 N–H and O–H groups in total. The van der Waals surface area contributed by atoms with E-state index in [9.17, 15) is 0 Å². The molecule has 1 atom stereocenters. The number of benzene rings is 2. The van der Waals surface area contributed by atoms with Crippen molar-refractivity contribution in [3.63, 3.8) is 0 Å². The molecular weight excluding hydrogens is 510 g/mol. The smallest absolute Gasteiger partial charge is 0.130 e. The fourth-order valence-electron chi connectivity index (χ4n) is 3.89. The molecule has 0 bridgehead atoms. The third-order valence-electron chi connectivity index (χ3n) is 5.52. The van der Waals surface area contributed by atoms with Gasteiger partial charge in [-0.15, -0.1) is 0 Å². The lowest BCUT2D eigenvalue weighted by molar-refractivity contribution is 0.460.